The molecule has 0 aliphatic carbocycles. The van der Waals surface area contributed by atoms with Gasteiger partial charge in [0.15, 0.2) is 5.82 Å². The van der Waals surface area contributed by atoms with Crippen LogP contribution >= 0.6 is 0 Å². The number of rotatable bonds is 2. The normalized spacial score (nSPS) is 19.6. The average molecular weight is 261 g/mol. The molecule has 7 heteroatoms. The molecule has 19 heavy (non-hydrogen) atoms. The Labute approximate surface area is 110 Å². The molecule has 1 N–H and O–H groups in total. The Morgan fingerprint density at radius 1 is 1.58 bits per heavy atom. The first-order valence-electron chi connectivity index (χ1n) is 6.33. The van der Waals surface area contributed by atoms with E-state index in [4.69, 9.17) is 4.52 Å². The van der Waals surface area contributed by atoms with Gasteiger partial charge in [-0.3, -0.25) is 9.89 Å². The first-order chi connectivity index (χ1) is 9.24. The van der Waals surface area contributed by atoms with E-state index in [0.717, 1.165) is 19.4 Å². The fourth-order valence-electron chi connectivity index (χ4n) is 2.39. The Morgan fingerprint density at radius 3 is 3.16 bits per heavy atom. The van der Waals surface area contributed by atoms with Gasteiger partial charge in [0.25, 0.3) is 5.91 Å². The number of nitrogens with zero attached hydrogens (tertiary/aromatic N) is 4. The smallest absolute Gasteiger partial charge is 0.271 e. The predicted octanol–water partition coefficient (Wildman–Crippen LogP) is 1.12. The van der Waals surface area contributed by atoms with Gasteiger partial charge >= 0.3 is 0 Å². The van der Waals surface area contributed by atoms with Gasteiger partial charge in [0.1, 0.15) is 5.69 Å². The lowest BCUT2D eigenvalue weighted by molar-refractivity contribution is 0.0689. The van der Waals surface area contributed by atoms with Crippen molar-refractivity contribution in [2.75, 3.05) is 13.1 Å². The van der Waals surface area contributed by atoms with Gasteiger partial charge in [0, 0.05) is 19.3 Å². The van der Waals surface area contributed by atoms with E-state index in [1.165, 1.54) is 0 Å². The SMILES string of the molecule is Cc1noc([C@@H]2CCCN(C(=O)c3ccn[nH]3)C2)n1. The molecule has 7 nitrogen and oxygen atoms in total. The topological polar surface area (TPSA) is 87.9 Å². The number of aryl methyl sites for hydroxylation is 1. The molecular formula is C12H15N5O2. The van der Waals surface area contributed by atoms with Crippen LogP contribution in [0.25, 0.3) is 0 Å². The van der Waals surface area contributed by atoms with E-state index in [-0.39, 0.29) is 11.8 Å². The second kappa shape index (κ2) is 4.83. The Kier molecular flexibility index (Phi) is 3.02. The summed E-state index contributed by atoms with van der Waals surface area (Å²) in [6.45, 7) is 3.16. The van der Waals surface area contributed by atoms with E-state index in [2.05, 4.69) is 20.3 Å². The van der Waals surface area contributed by atoms with Crippen molar-refractivity contribution in [2.45, 2.75) is 25.7 Å². The number of piperidine rings is 1. The Hall–Kier alpha value is -2.18. The fourth-order valence-corrected chi connectivity index (χ4v) is 2.39. The lowest BCUT2D eigenvalue weighted by Crippen LogP contribution is -2.39. The van der Waals surface area contributed by atoms with Crippen molar-refractivity contribution in [3.8, 4) is 0 Å². The highest BCUT2D eigenvalue weighted by atomic mass is 16.5. The van der Waals surface area contributed by atoms with Gasteiger partial charge in [-0.15, -0.1) is 0 Å². The van der Waals surface area contributed by atoms with Crippen molar-refractivity contribution in [2.24, 2.45) is 0 Å². The molecule has 0 radical (unpaired) electrons. The number of likely N-dealkylation sites (tertiary alicyclic amines) is 1. The Balaban J connectivity index is 1.73. The van der Waals surface area contributed by atoms with Gasteiger partial charge in [-0.05, 0) is 25.8 Å². The molecule has 1 aliphatic rings. The van der Waals surface area contributed by atoms with E-state index in [9.17, 15) is 4.79 Å². The van der Waals surface area contributed by atoms with Gasteiger partial charge in [-0.1, -0.05) is 5.16 Å². The van der Waals surface area contributed by atoms with Gasteiger partial charge in [-0.25, -0.2) is 0 Å². The van der Waals surface area contributed by atoms with Crippen LogP contribution in [0, 0.1) is 6.92 Å². The zero-order valence-corrected chi connectivity index (χ0v) is 10.7. The molecule has 0 saturated carbocycles. The summed E-state index contributed by atoms with van der Waals surface area (Å²) in [6.07, 6.45) is 3.48. The summed E-state index contributed by atoms with van der Waals surface area (Å²) in [6, 6.07) is 1.68. The summed E-state index contributed by atoms with van der Waals surface area (Å²) in [7, 11) is 0. The maximum absolute atomic E-state index is 12.2. The average Bonchev–Trinajstić information content (AvgIpc) is 3.09. The summed E-state index contributed by atoms with van der Waals surface area (Å²) >= 11 is 0. The zero-order chi connectivity index (χ0) is 13.2. The first-order valence-corrected chi connectivity index (χ1v) is 6.33. The molecule has 3 rings (SSSR count). The highest BCUT2D eigenvalue weighted by Gasteiger charge is 2.29. The van der Waals surface area contributed by atoms with Gasteiger partial charge in [0.2, 0.25) is 5.89 Å². The van der Waals surface area contributed by atoms with Crippen molar-refractivity contribution in [1.82, 2.24) is 25.2 Å². The number of carbonyl (C=O) groups excluding carboxylic acids is 1. The Morgan fingerprint density at radius 2 is 2.47 bits per heavy atom. The maximum atomic E-state index is 12.2. The quantitative estimate of drug-likeness (QED) is 0.875. The molecule has 100 valence electrons. The molecule has 2 aromatic rings. The molecule has 1 atom stereocenters. The van der Waals surface area contributed by atoms with Crippen LogP contribution in [0.5, 0.6) is 0 Å². The van der Waals surface area contributed by atoms with Crippen molar-refractivity contribution >= 4 is 5.91 Å². The molecule has 0 aromatic carbocycles. The highest BCUT2D eigenvalue weighted by Crippen LogP contribution is 2.26. The van der Waals surface area contributed by atoms with Crippen LogP contribution in [-0.2, 0) is 0 Å². The summed E-state index contributed by atoms with van der Waals surface area (Å²) in [5.41, 5.74) is 0.516. The summed E-state index contributed by atoms with van der Waals surface area (Å²) in [5.74, 6) is 1.35. The number of hydrogen-bond donors (Lipinski definition) is 1. The molecule has 1 aliphatic heterocycles. The third kappa shape index (κ3) is 2.35. The van der Waals surface area contributed by atoms with Crippen LogP contribution in [0.1, 0.15) is 41.0 Å². The van der Waals surface area contributed by atoms with E-state index in [1.54, 1.807) is 24.1 Å². The predicted molar refractivity (Wildman–Crippen MR) is 65.5 cm³/mol. The van der Waals surface area contributed by atoms with E-state index in [1.807, 2.05) is 0 Å². The van der Waals surface area contributed by atoms with Gasteiger partial charge < -0.3 is 9.42 Å². The molecule has 1 amide bonds. The highest BCUT2D eigenvalue weighted by molar-refractivity contribution is 5.92. The summed E-state index contributed by atoms with van der Waals surface area (Å²) < 4.78 is 5.20. The lowest BCUT2D eigenvalue weighted by atomic mass is 9.97. The summed E-state index contributed by atoms with van der Waals surface area (Å²) in [4.78, 5) is 18.3. The Bertz CT molecular complexity index is 562. The van der Waals surface area contributed by atoms with Crippen LogP contribution in [0.15, 0.2) is 16.8 Å². The molecule has 2 aromatic heterocycles. The largest absolute Gasteiger partial charge is 0.339 e. The standard InChI is InChI=1S/C12H15N5O2/c1-8-14-11(19-16-8)9-3-2-6-17(7-9)12(18)10-4-5-13-15-10/h4-5,9H,2-3,6-7H2,1H3,(H,13,15)/t9-/m1/s1. The lowest BCUT2D eigenvalue weighted by Gasteiger charge is -2.30. The second-order valence-corrected chi connectivity index (χ2v) is 4.74. The van der Waals surface area contributed by atoms with Crippen molar-refractivity contribution in [3.63, 3.8) is 0 Å². The number of nitrogens with one attached hydrogen (secondary N) is 1. The van der Waals surface area contributed by atoms with Crippen LogP contribution in [0.4, 0.5) is 0 Å². The van der Waals surface area contributed by atoms with Gasteiger partial charge in [0.05, 0.1) is 5.92 Å². The number of H-pyrrole nitrogens is 1. The number of aromatic amines is 1. The summed E-state index contributed by atoms with van der Waals surface area (Å²) in [5, 5.41) is 10.3. The van der Waals surface area contributed by atoms with Crippen LogP contribution < -0.4 is 0 Å². The molecule has 0 unspecified atom stereocenters. The molecule has 1 fully saturated rings. The monoisotopic (exact) mass is 261 g/mol. The molecular weight excluding hydrogens is 246 g/mol. The number of aromatic nitrogens is 4. The maximum Gasteiger partial charge on any atom is 0.271 e. The number of carbonyl (C=O) groups is 1. The first kappa shape index (κ1) is 11.9. The van der Waals surface area contributed by atoms with Crippen LogP contribution in [0.2, 0.25) is 0 Å². The van der Waals surface area contributed by atoms with E-state index >= 15 is 0 Å². The molecule has 3 heterocycles. The minimum atomic E-state index is -0.0292. The van der Waals surface area contributed by atoms with Crippen molar-refractivity contribution in [1.29, 1.82) is 0 Å². The van der Waals surface area contributed by atoms with Crippen LogP contribution in [0.3, 0.4) is 0 Å². The molecule has 1 saturated heterocycles. The number of hydrogen-bond acceptors (Lipinski definition) is 5. The fraction of sp³-hybridized carbons (Fsp3) is 0.500. The van der Waals surface area contributed by atoms with E-state index < -0.39 is 0 Å². The molecule has 0 spiro atoms. The minimum absolute atomic E-state index is 0.0292. The van der Waals surface area contributed by atoms with Crippen molar-refractivity contribution in [3.05, 3.63) is 29.7 Å². The third-order valence-corrected chi connectivity index (χ3v) is 3.33. The van der Waals surface area contributed by atoms with Gasteiger partial charge in [-0.2, -0.15) is 10.1 Å². The van der Waals surface area contributed by atoms with E-state index in [0.29, 0.717) is 24.0 Å². The second-order valence-electron chi connectivity index (χ2n) is 4.74. The van der Waals surface area contributed by atoms with Crippen LogP contribution in [-0.4, -0.2) is 44.2 Å². The zero-order valence-electron chi connectivity index (χ0n) is 10.7. The van der Waals surface area contributed by atoms with Crippen molar-refractivity contribution < 1.29 is 9.32 Å². The molecule has 0 bridgehead atoms. The minimum Gasteiger partial charge on any atom is -0.339 e. The third-order valence-electron chi connectivity index (χ3n) is 3.33. The number of amides is 1.